The predicted molar refractivity (Wildman–Crippen MR) is 125 cm³/mol. The van der Waals surface area contributed by atoms with E-state index in [9.17, 15) is 9.59 Å². The second-order valence-electron chi connectivity index (χ2n) is 8.68. The second-order valence-corrected chi connectivity index (χ2v) is 8.68. The van der Waals surface area contributed by atoms with Gasteiger partial charge in [0.05, 0.1) is 18.8 Å². The lowest BCUT2D eigenvalue weighted by Gasteiger charge is -2.33. The number of aryl methyl sites for hydroxylation is 2. The Hall–Kier alpha value is -2.71. The maximum Gasteiger partial charge on any atom is 0.251 e. The van der Waals surface area contributed by atoms with Crippen LogP contribution in [0.1, 0.15) is 41.4 Å². The van der Waals surface area contributed by atoms with E-state index >= 15 is 0 Å². The van der Waals surface area contributed by atoms with Crippen molar-refractivity contribution in [2.24, 2.45) is 0 Å². The number of nitrogens with zero attached hydrogens (tertiary/aromatic N) is 5. The minimum absolute atomic E-state index is 0.0462. The van der Waals surface area contributed by atoms with Gasteiger partial charge in [-0.3, -0.25) is 14.5 Å². The first-order valence-electron chi connectivity index (χ1n) is 11.7. The van der Waals surface area contributed by atoms with Crippen LogP contribution in [-0.2, 0) is 17.9 Å². The Morgan fingerprint density at radius 1 is 1.06 bits per heavy atom. The molecule has 1 aromatic heterocycles. The van der Waals surface area contributed by atoms with E-state index in [-0.39, 0.29) is 11.8 Å². The number of hydrogen-bond acceptors (Lipinski definition) is 5. The first kappa shape index (κ1) is 22.5. The highest BCUT2D eigenvalue weighted by Gasteiger charge is 2.25. The highest BCUT2D eigenvalue weighted by Crippen LogP contribution is 2.24. The zero-order valence-electron chi connectivity index (χ0n) is 19.2. The molecule has 1 fully saturated rings. The summed E-state index contributed by atoms with van der Waals surface area (Å²) in [6.45, 7) is 12.6. The molecule has 2 aliphatic rings. The van der Waals surface area contributed by atoms with Crippen LogP contribution in [0.5, 0.6) is 0 Å². The van der Waals surface area contributed by atoms with Crippen molar-refractivity contribution in [3.8, 4) is 0 Å². The number of likely N-dealkylation sites (N-methyl/N-ethyl adjacent to an activating group) is 1. The van der Waals surface area contributed by atoms with Gasteiger partial charge in [0, 0.05) is 50.8 Å². The van der Waals surface area contributed by atoms with Crippen LogP contribution in [0, 0.1) is 6.92 Å². The SMILES string of the molecule is CCN1CCN(CCCNC(=O)c2ccc(CN3C(=O)CCn4nc(C)cc43)cc2)CC1. The third-order valence-corrected chi connectivity index (χ3v) is 6.40. The molecule has 2 aliphatic heterocycles. The molecular formula is C24H34N6O2. The van der Waals surface area contributed by atoms with E-state index in [1.807, 2.05) is 41.9 Å². The third kappa shape index (κ3) is 5.37. The summed E-state index contributed by atoms with van der Waals surface area (Å²) in [6.07, 6.45) is 1.42. The van der Waals surface area contributed by atoms with Crippen LogP contribution >= 0.6 is 0 Å². The zero-order valence-corrected chi connectivity index (χ0v) is 19.2. The molecule has 4 rings (SSSR count). The number of carbonyl (C=O) groups is 2. The molecule has 0 spiro atoms. The summed E-state index contributed by atoms with van der Waals surface area (Å²) in [5.41, 5.74) is 2.56. The molecule has 8 nitrogen and oxygen atoms in total. The number of nitrogens with one attached hydrogen (secondary N) is 1. The average Bonchev–Trinajstić information content (AvgIpc) is 3.20. The number of anilines is 1. The molecule has 32 heavy (non-hydrogen) atoms. The molecule has 0 aliphatic carbocycles. The van der Waals surface area contributed by atoms with E-state index in [1.165, 1.54) is 0 Å². The minimum Gasteiger partial charge on any atom is -0.352 e. The Bertz CT molecular complexity index is 930. The van der Waals surface area contributed by atoms with Gasteiger partial charge in [0.25, 0.3) is 5.91 Å². The van der Waals surface area contributed by atoms with E-state index < -0.39 is 0 Å². The first-order valence-corrected chi connectivity index (χ1v) is 11.7. The van der Waals surface area contributed by atoms with Crippen LogP contribution < -0.4 is 10.2 Å². The highest BCUT2D eigenvalue weighted by molar-refractivity contribution is 5.95. The third-order valence-electron chi connectivity index (χ3n) is 6.40. The molecule has 0 radical (unpaired) electrons. The molecule has 8 heteroatoms. The molecule has 2 aromatic rings. The number of benzene rings is 1. The number of carbonyl (C=O) groups excluding carboxylic acids is 2. The van der Waals surface area contributed by atoms with Crippen LogP contribution in [0.25, 0.3) is 0 Å². The van der Waals surface area contributed by atoms with E-state index in [0.29, 0.717) is 31.6 Å². The second kappa shape index (κ2) is 10.3. The lowest BCUT2D eigenvalue weighted by molar-refractivity contribution is -0.119. The molecule has 1 saturated heterocycles. The van der Waals surface area contributed by atoms with Crippen molar-refractivity contribution in [2.45, 2.75) is 39.8 Å². The largest absolute Gasteiger partial charge is 0.352 e. The number of aromatic nitrogens is 2. The topological polar surface area (TPSA) is 73.7 Å². The van der Waals surface area contributed by atoms with Crippen molar-refractivity contribution in [2.75, 3.05) is 50.7 Å². The van der Waals surface area contributed by atoms with Crippen molar-refractivity contribution < 1.29 is 9.59 Å². The Kier molecular flexibility index (Phi) is 7.22. The van der Waals surface area contributed by atoms with Gasteiger partial charge in [-0.25, -0.2) is 4.68 Å². The van der Waals surface area contributed by atoms with Crippen molar-refractivity contribution in [1.82, 2.24) is 24.9 Å². The number of fused-ring (bicyclic) bond motifs is 1. The van der Waals surface area contributed by atoms with Gasteiger partial charge in [-0.1, -0.05) is 19.1 Å². The Balaban J connectivity index is 1.24. The first-order chi connectivity index (χ1) is 15.5. The quantitative estimate of drug-likeness (QED) is 0.637. The lowest BCUT2D eigenvalue weighted by Crippen LogP contribution is -2.46. The van der Waals surface area contributed by atoms with Crippen LogP contribution in [-0.4, -0.2) is 77.2 Å². The van der Waals surface area contributed by atoms with E-state index in [1.54, 1.807) is 4.90 Å². The standard InChI is InChI=1S/C24H34N6O2/c1-3-27-13-15-28(16-14-27)11-4-10-25-24(32)21-7-5-20(6-8-21)18-29-22-17-19(2)26-30(22)12-9-23(29)31/h5-8,17H,3-4,9-16,18H2,1-2H3,(H,25,32). The van der Waals surface area contributed by atoms with Crippen molar-refractivity contribution >= 4 is 17.6 Å². The van der Waals surface area contributed by atoms with Crippen LogP contribution in [0.15, 0.2) is 30.3 Å². The smallest absolute Gasteiger partial charge is 0.251 e. The molecule has 0 saturated carbocycles. The van der Waals surface area contributed by atoms with Crippen molar-refractivity contribution in [3.05, 3.63) is 47.2 Å². The molecule has 1 N–H and O–H groups in total. The summed E-state index contributed by atoms with van der Waals surface area (Å²) in [6, 6.07) is 9.48. The normalized spacial score (nSPS) is 17.4. The molecule has 2 amide bonds. The van der Waals surface area contributed by atoms with Gasteiger partial charge in [0.2, 0.25) is 5.91 Å². The average molecular weight is 439 g/mol. The van der Waals surface area contributed by atoms with Gasteiger partial charge >= 0.3 is 0 Å². The van der Waals surface area contributed by atoms with Gasteiger partial charge in [-0.15, -0.1) is 0 Å². The van der Waals surface area contributed by atoms with Crippen LogP contribution in [0.4, 0.5) is 5.82 Å². The Labute approximate surface area is 190 Å². The van der Waals surface area contributed by atoms with Crippen LogP contribution in [0.2, 0.25) is 0 Å². The molecule has 0 bridgehead atoms. The van der Waals surface area contributed by atoms with Crippen LogP contribution in [0.3, 0.4) is 0 Å². The Morgan fingerprint density at radius 3 is 2.50 bits per heavy atom. The van der Waals surface area contributed by atoms with Gasteiger partial charge in [-0.05, 0) is 44.1 Å². The van der Waals surface area contributed by atoms with E-state index in [0.717, 1.165) is 62.8 Å². The maximum atomic E-state index is 12.5. The van der Waals surface area contributed by atoms with Gasteiger partial charge < -0.3 is 15.1 Å². The van der Waals surface area contributed by atoms with Gasteiger partial charge in [-0.2, -0.15) is 5.10 Å². The maximum absolute atomic E-state index is 12.5. The molecule has 3 heterocycles. The van der Waals surface area contributed by atoms with Gasteiger partial charge in [0.15, 0.2) is 0 Å². The summed E-state index contributed by atoms with van der Waals surface area (Å²) in [5, 5.41) is 7.48. The highest BCUT2D eigenvalue weighted by atomic mass is 16.2. The minimum atomic E-state index is -0.0462. The number of amides is 2. The van der Waals surface area contributed by atoms with E-state index in [4.69, 9.17) is 0 Å². The Morgan fingerprint density at radius 2 is 1.78 bits per heavy atom. The molecule has 0 atom stereocenters. The van der Waals surface area contributed by atoms with E-state index in [2.05, 4.69) is 27.1 Å². The fourth-order valence-corrected chi connectivity index (χ4v) is 4.43. The number of rotatable bonds is 8. The fourth-order valence-electron chi connectivity index (χ4n) is 4.43. The predicted octanol–water partition coefficient (Wildman–Crippen LogP) is 1.89. The summed E-state index contributed by atoms with van der Waals surface area (Å²) in [4.78, 5) is 31.7. The van der Waals surface area contributed by atoms with Crippen molar-refractivity contribution in [1.29, 1.82) is 0 Å². The summed E-state index contributed by atoms with van der Waals surface area (Å²) < 4.78 is 1.89. The molecule has 1 aromatic carbocycles. The lowest BCUT2D eigenvalue weighted by atomic mass is 10.1. The summed E-state index contributed by atoms with van der Waals surface area (Å²) >= 11 is 0. The monoisotopic (exact) mass is 438 g/mol. The molecular weight excluding hydrogens is 404 g/mol. The number of hydrogen-bond donors (Lipinski definition) is 1. The summed E-state index contributed by atoms with van der Waals surface area (Å²) in [7, 11) is 0. The van der Waals surface area contributed by atoms with Gasteiger partial charge in [0.1, 0.15) is 5.82 Å². The summed E-state index contributed by atoms with van der Waals surface area (Å²) in [5.74, 6) is 0.905. The fraction of sp³-hybridized carbons (Fsp3) is 0.542. The molecule has 172 valence electrons. The van der Waals surface area contributed by atoms with Crippen molar-refractivity contribution in [3.63, 3.8) is 0 Å². The zero-order chi connectivity index (χ0) is 22.5. The molecule has 0 unspecified atom stereocenters. The number of piperazine rings is 1.